The Balaban J connectivity index is 1.51. The number of carbonyl (C=O) groups is 3. The summed E-state index contributed by atoms with van der Waals surface area (Å²) in [5, 5.41) is 14.5. The second-order valence-electron chi connectivity index (χ2n) is 12.6. The first-order valence-corrected chi connectivity index (χ1v) is 18.0. The predicted octanol–water partition coefficient (Wildman–Crippen LogP) is 6.79. The Morgan fingerprint density at radius 2 is 1.33 bits per heavy atom. The standard InChI is InChI=1S/C36H48Cl3N5O7/c1-7-36(8-2,33(46)40-15-17-48-19-21-50-22-20-49-18-16-41-34(47)51-35(4,5)6)42-32(45)30-24(3)31(25-9-11-26(37)12-10-25)44(43-30)29-14-13-27(38)23-28(29)39/h9-14,23H,7-8,15-22H2,1-6H3,(H,40,46)(H,41,47)(H,42,45). The van der Waals surface area contributed by atoms with Gasteiger partial charge in [-0.2, -0.15) is 5.10 Å². The molecule has 0 aliphatic heterocycles. The van der Waals surface area contributed by atoms with Gasteiger partial charge in [-0.1, -0.05) is 60.8 Å². The highest BCUT2D eigenvalue weighted by Gasteiger charge is 2.38. The second kappa shape index (κ2) is 20.0. The van der Waals surface area contributed by atoms with Crippen LogP contribution in [0, 0.1) is 6.92 Å². The highest BCUT2D eigenvalue weighted by molar-refractivity contribution is 6.35. The molecule has 0 spiro atoms. The molecule has 0 bridgehead atoms. The van der Waals surface area contributed by atoms with Gasteiger partial charge in [0.25, 0.3) is 5.91 Å². The first-order valence-electron chi connectivity index (χ1n) is 16.8. The average Bonchev–Trinajstić information content (AvgIpc) is 3.41. The maximum Gasteiger partial charge on any atom is 0.407 e. The molecule has 0 saturated carbocycles. The van der Waals surface area contributed by atoms with Crippen molar-refractivity contribution in [3.8, 4) is 16.9 Å². The molecule has 0 aliphatic rings. The van der Waals surface area contributed by atoms with E-state index in [0.29, 0.717) is 84.4 Å². The van der Waals surface area contributed by atoms with Crippen molar-refractivity contribution in [1.29, 1.82) is 0 Å². The van der Waals surface area contributed by atoms with Crippen LogP contribution in [0.5, 0.6) is 0 Å². The Morgan fingerprint density at radius 1 is 0.784 bits per heavy atom. The molecule has 15 heteroatoms. The molecular formula is C36H48Cl3N5O7. The number of aromatic nitrogens is 2. The van der Waals surface area contributed by atoms with E-state index in [2.05, 4.69) is 21.0 Å². The Bertz CT molecular complexity index is 1610. The number of hydrogen-bond acceptors (Lipinski definition) is 8. The van der Waals surface area contributed by atoms with E-state index in [1.807, 2.05) is 26.0 Å². The van der Waals surface area contributed by atoms with Crippen LogP contribution in [0.15, 0.2) is 42.5 Å². The normalized spacial score (nSPS) is 11.7. The van der Waals surface area contributed by atoms with E-state index in [1.54, 1.807) is 62.7 Å². The summed E-state index contributed by atoms with van der Waals surface area (Å²) in [5.41, 5.74) is 0.963. The first-order chi connectivity index (χ1) is 24.2. The van der Waals surface area contributed by atoms with E-state index in [4.69, 9.17) is 53.8 Å². The van der Waals surface area contributed by atoms with E-state index >= 15 is 0 Å². The summed E-state index contributed by atoms with van der Waals surface area (Å²) >= 11 is 18.9. The molecule has 0 saturated heterocycles. The van der Waals surface area contributed by atoms with Crippen LogP contribution >= 0.6 is 34.8 Å². The lowest BCUT2D eigenvalue weighted by Crippen LogP contribution is -2.58. The lowest BCUT2D eigenvalue weighted by molar-refractivity contribution is -0.128. The number of benzene rings is 2. The summed E-state index contributed by atoms with van der Waals surface area (Å²) in [6, 6.07) is 12.2. The highest BCUT2D eigenvalue weighted by Crippen LogP contribution is 2.33. The molecule has 3 rings (SSSR count). The van der Waals surface area contributed by atoms with Crippen molar-refractivity contribution < 1.29 is 33.3 Å². The van der Waals surface area contributed by atoms with Crippen LogP contribution in [0.4, 0.5) is 4.79 Å². The molecule has 0 aliphatic carbocycles. The molecule has 12 nitrogen and oxygen atoms in total. The smallest absolute Gasteiger partial charge is 0.407 e. The van der Waals surface area contributed by atoms with Crippen molar-refractivity contribution in [2.24, 2.45) is 0 Å². The fraction of sp³-hybridized carbons (Fsp3) is 0.500. The van der Waals surface area contributed by atoms with Crippen LogP contribution < -0.4 is 16.0 Å². The third kappa shape index (κ3) is 12.7. The van der Waals surface area contributed by atoms with Gasteiger partial charge in [-0.05, 0) is 70.9 Å². The van der Waals surface area contributed by atoms with Crippen LogP contribution in [-0.4, -0.2) is 91.6 Å². The predicted molar refractivity (Wildman–Crippen MR) is 199 cm³/mol. The van der Waals surface area contributed by atoms with E-state index in [0.717, 1.165) is 5.56 Å². The molecule has 0 radical (unpaired) electrons. The molecule has 51 heavy (non-hydrogen) atoms. The number of hydrogen-bond donors (Lipinski definition) is 3. The minimum Gasteiger partial charge on any atom is -0.444 e. The molecule has 3 amide bonds. The number of nitrogens with one attached hydrogen (secondary N) is 3. The lowest BCUT2D eigenvalue weighted by atomic mass is 9.91. The summed E-state index contributed by atoms with van der Waals surface area (Å²) in [6.07, 6.45) is 0.211. The van der Waals surface area contributed by atoms with Gasteiger partial charge in [0, 0.05) is 34.3 Å². The molecular weight excluding hydrogens is 721 g/mol. The van der Waals surface area contributed by atoms with Gasteiger partial charge in [-0.3, -0.25) is 9.59 Å². The maximum atomic E-state index is 13.9. The molecule has 0 fully saturated rings. The number of carbonyl (C=O) groups excluding carboxylic acids is 3. The van der Waals surface area contributed by atoms with Crippen LogP contribution in [0.3, 0.4) is 0 Å². The van der Waals surface area contributed by atoms with Gasteiger partial charge in [0.05, 0.1) is 56.0 Å². The monoisotopic (exact) mass is 767 g/mol. The zero-order chi connectivity index (χ0) is 37.6. The third-order valence-electron chi connectivity index (χ3n) is 7.78. The van der Waals surface area contributed by atoms with E-state index < -0.39 is 23.1 Å². The Kier molecular flexibility index (Phi) is 16.5. The number of amides is 3. The van der Waals surface area contributed by atoms with Crippen LogP contribution in [0.2, 0.25) is 15.1 Å². The van der Waals surface area contributed by atoms with Gasteiger partial charge in [0.2, 0.25) is 5.91 Å². The molecule has 1 aromatic heterocycles. The molecule has 2 aromatic carbocycles. The lowest BCUT2D eigenvalue weighted by Gasteiger charge is -2.31. The van der Waals surface area contributed by atoms with Crippen molar-refractivity contribution >= 4 is 52.7 Å². The summed E-state index contributed by atoms with van der Waals surface area (Å²) in [4.78, 5) is 38.9. The zero-order valence-corrected chi connectivity index (χ0v) is 32.3. The Morgan fingerprint density at radius 3 is 1.88 bits per heavy atom. The SMILES string of the molecule is CCC(CC)(NC(=O)c1nn(-c2ccc(Cl)cc2Cl)c(-c2ccc(Cl)cc2)c1C)C(=O)NCCOCCOCCOCCNC(=O)OC(C)(C)C. The largest absolute Gasteiger partial charge is 0.444 e. The van der Waals surface area contributed by atoms with Gasteiger partial charge in [-0.25, -0.2) is 9.48 Å². The van der Waals surface area contributed by atoms with Crippen molar-refractivity contribution in [2.45, 2.75) is 65.5 Å². The minimum atomic E-state index is -1.18. The van der Waals surface area contributed by atoms with Crippen molar-refractivity contribution in [2.75, 3.05) is 52.7 Å². The first kappa shape index (κ1) is 42.0. The molecule has 0 unspecified atom stereocenters. The average molecular weight is 769 g/mol. The highest BCUT2D eigenvalue weighted by atomic mass is 35.5. The van der Waals surface area contributed by atoms with Gasteiger partial charge in [0.15, 0.2) is 5.69 Å². The van der Waals surface area contributed by atoms with Crippen molar-refractivity contribution in [3.05, 3.63) is 68.8 Å². The van der Waals surface area contributed by atoms with Crippen molar-refractivity contribution in [1.82, 2.24) is 25.7 Å². The number of alkyl carbamates (subject to hydrolysis) is 1. The number of nitrogens with zero attached hydrogens (tertiary/aromatic N) is 2. The summed E-state index contributed by atoms with van der Waals surface area (Å²) < 4.78 is 23.3. The van der Waals surface area contributed by atoms with Crippen LogP contribution in [-0.2, 0) is 23.7 Å². The Labute approximate surface area is 314 Å². The zero-order valence-electron chi connectivity index (χ0n) is 30.0. The number of rotatable bonds is 19. The molecule has 3 aromatic rings. The molecule has 0 atom stereocenters. The molecule has 1 heterocycles. The maximum absolute atomic E-state index is 13.9. The van der Waals surface area contributed by atoms with E-state index in [-0.39, 0.29) is 24.8 Å². The topological polar surface area (TPSA) is 142 Å². The number of ether oxygens (including phenoxy) is 4. The second-order valence-corrected chi connectivity index (χ2v) is 13.9. The molecule has 3 N–H and O–H groups in total. The van der Waals surface area contributed by atoms with Gasteiger partial charge in [-0.15, -0.1) is 0 Å². The third-order valence-corrected chi connectivity index (χ3v) is 8.57. The van der Waals surface area contributed by atoms with E-state index in [1.165, 1.54) is 0 Å². The van der Waals surface area contributed by atoms with Crippen LogP contribution in [0.25, 0.3) is 16.9 Å². The number of halogens is 3. The van der Waals surface area contributed by atoms with Crippen molar-refractivity contribution in [3.63, 3.8) is 0 Å². The summed E-state index contributed by atoms with van der Waals surface area (Å²) in [6.45, 7) is 13.5. The van der Waals surface area contributed by atoms with Gasteiger partial charge < -0.3 is 34.9 Å². The fourth-order valence-corrected chi connectivity index (χ4v) is 5.67. The van der Waals surface area contributed by atoms with Gasteiger partial charge in [0.1, 0.15) is 11.1 Å². The minimum absolute atomic E-state index is 0.149. The Hall–Kier alpha value is -3.39. The summed E-state index contributed by atoms with van der Waals surface area (Å²) in [5.74, 6) is -0.822. The quantitative estimate of drug-likeness (QED) is 0.113. The summed E-state index contributed by atoms with van der Waals surface area (Å²) in [7, 11) is 0. The van der Waals surface area contributed by atoms with E-state index in [9.17, 15) is 14.4 Å². The van der Waals surface area contributed by atoms with Crippen LogP contribution in [0.1, 0.15) is 63.5 Å². The molecule has 280 valence electrons. The fourth-order valence-electron chi connectivity index (χ4n) is 5.05. The van der Waals surface area contributed by atoms with Gasteiger partial charge >= 0.3 is 6.09 Å².